The molecule has 1 aromatic heterocycles. The number of furan rings is 1. The number of hydrazone groups is 1. The van der Waals surface area contributed by atoms with E-state index in [-0.39, 0.29) is 46.6 Å². The second-order valence-electron chi connectivity index (χ2n) is 8.58. The molecule has 156 valence electrons. The molecule has 6 rings (SSSR count). The molecule has 0 N–H and O–H groups in total. The van der Waals surface area contributed by atoms with E-state index in [0.717, 1.165) is 17.9 Å². The Morgan fingerprint density at radius 1 is 1.13 bits per heavy atom. The van der Waals surface area contributed by atoms with E-state index >= 15 is 0 Å². The topological polar surface area (TPSA) is 106 Å². The van der Waals surface area contributed by atoms with Gasteiger partial charge in [0.2, 0.25) is 0 Å². The molecule has 1 spiro atoms. The largest absolute Gasteiger partial charge is 0.455 e. The SMILES string of the molecule is O=C1[C@@H]2[C@@H](C(=O)N1/N=C\c1ccc(-c3cc([N+](=O)[O-])ccc3Cl)o1)[C@@H]1C=C[C@@H]2C12CC2. The first-order valence-electron chi connectivity index (χ1n) is 10.0. The van der Waals surface area contributed by atoms with Crippen molar-refractivity contribution in [2.24, 2.45) is 34.2 Å². The van der Waals surface area contributed by atoms with Gasteiger partial charge in [-0.15, -0.1) is 0 Å². The average molecular weight is 438 g/mol. The normalized spacial score (nSPS) is 29.5. The molecule has 8 nitrogen and oxygen atoms in total. The minimum Gasteiger partial charge on any atom is -0.455 e. The number of carbonyl (C=O) groups excluding carboxylic acids is 2. The maximum Gasteiger partial charge on any atom is 0.270 e. The number of imide groups is 1. The minimum atomic E-state index is -0.514. The van der Waals surface area contributed by atoms with Crippen molar-refractivity contribution < 1.29 is 18.9 Å². The molecule has 1 aliphatic heterocycles. The third-order valence-electron chi connectivity index (χ3n) is 7.18. The first-order chi connectivity index (χ1) is 14.9. The zero-order valence-corrected chi connectivity index (χ0v) is 16.9. The summed E-state index contributed by atoms with van der Waals surface area (Å²) in [5.74, 6) is -0.198. The molecule has 3 fully saturated rings. The van der Waals surface area contributed by atoms with Crippen LogP contribution < -0.4 is 0 Å². The van der Waals surface area contributed by atoms with E-state index in [1.807, 2.05) is 0 Å². The number of benzene rings is 1. The van der Waals surface area contributed by atoms with Gasteiger partial charge in [0.05, 0.1) is 28.0 Å². The highest BCUT2D eigenvalue weighted by Gasteiger charge is 2.73. The minimum absolute atomic E-state index is 0.109. The van der Waals surface area contributed by atoms with E-state index in [0.29, 0.717) is 22.1 Å². The first-order valence-corrected chi connectivity index (χ1v) is 10.4. The van der Waals surface area contributed by atoms with Crippen molar-refractivity contribution >= 4 is 35.3 Å². The molecule has 3 aliphatic carbocycles. The van der Waals surface area contributed by atoms with Crippen molar-refractivity contribution in [1.29, 1.82) is 0 Å². The number of nitro groups is 1. The van der Waals surface area contributed by atoms with Crippen LogP contribution >= 0.6 is 11.6 Å². The summed E-state index contributed by atoms with van der Waals surface area (Å²) in [6, 6.07) is 7.28. The van der Waals surface area contributed by atoms with Crippen LogP contribution in [0.5, 0.6) is 0 Å². The summed E-state index contributed by atoms with van der Waals surface area (Å²) in [5.41, 5.74) is 0.405. The average Bonchev–Trinajstić information content (AvgIpc) is 3.03. The number of carbonyl (C=O) groups is 2. The Labute approximate surface area is 181 Å². The van der Waals surface area contributed by atoms with Crippen LogP contribution in [-0.2, 0) is 9.59 Å². The molecule has 2 aromatic rings. The van der Waals surface area contributed by atoms with Gasteiger partial charge < -0.3 is 4.42 Å². The predicted octanol–water partition coefficient (Wildman–Crippen LogP) is 4.04. The number of halogens is 1. The summed E-state index contributed by atoms with van der Waals surface area (Å²) in [6.07, 6.45) is 7.70. The maximum absolute atomic E-state index is 12.9. The van der Waals surface area contributed by atoms with Crippen LogP contribution in [0.2, 0.25) is 5.02 Å². The molecule has 1 saturated heterocycles. The van der Waals surface area contributed by atoms with E-state index in [2.05, 4.69) is 17.3 Å². The van der Waals surface area contributed by atoms with Gasteiger partial charge in [-0.2, -0.15) is 10.1 Å². The Bertz CT molecular complexity index is 1190. The molecule has 2 bridgehead atoms. The summed E-state index contributed by atoms with van der Waals surface area (Å²) in [6.45, 7) is 0. The van der Waals surface area contributed by atoms with E-state index in [1.165, 1.54) is 24.4 Å². The zero-order chi connectivity index (χ0) is 21.5. The van der Waals surface area contributed by atoms with Crippen molar-refractivity contribution in [2.45, 2.75) is 12.8 Å². The summed E-state index contributed by atoms with van der Waals surface area (Å²) in [4.78, 5) is 36.4. The molecule has 9 heteroatoms. The van der Waals surface area contributed by atoms with Gasteiger partial charge in [-0.05, 0) is 48.3 Å². The molecule has 2 heterocycles. The van der Waals surface area contributed by atoms with Crippen LogP contribution in [0.3, 0.4) is 0 Å². The third-order valence-corrected chi connectivity index (χ3v) is 7.51. The Kier molecular flexibility index (Phi) is 3.66. The molecule has 31 heavy (non-hydrogen) atoms. The van der Waals surface area contributed by atoms with E-state index in [1.54, 1.807) is 12.1 Å². The number of nitrogens with zero attached hydrogens (tertiary/aromatic N) is 3. The summed E-state index contributed by atoms with van der Waals surface area (Å²) in [5, 5.41) is 16.4. The van der Waals surface area contributed by atoms with Crippen molar-refractivity contribution in [3.8, 4) is 11.3 Å². The molecule has 0 unspecified atom stereocenters. The Morgan fingerprint density at radius 2 is 1.81 bits per heavy atom. The quantitative estimate of drug-likeness (QED) is 0.236. The highest BCUT2D eigenvalue weighted by atomic mass is 35.5. The van der Waals surface area contributed by atoms with Crippen molar-refractivity contribution in [3.63, 3.8) is 0 Å². The fourth-order valence-corrected chi connectivity index (χ4v) is 5.88. The molecular formula is C22H16ClN3O5. The van der Waals surface area contributed by atoms with Crippen LogP contribution in [0.25, 0.3) is 11.3 Å². The molecule has 4 atom stereocenters. The molecule has 2 amide bonds. The molecule has 1 aromatic carbocycles. The number of nitro benzene ring substituents is 1. The third kappa shape index (κ3) is 2.45. The van der Waals surface area contributed by atoms with E-state index < -0.39 is 4.92 Å². The molecular weight excluding hydrogens is 422 g/mol. The number of hydrogen-bond donors (Lipinski definition) is 0. The number of fused-ring (bicyclic) bond motifs is 3. The maximum atomic E-state index is 12.9. The first kappa shape index (κ1) is 18.5. The summed E-state index contributed by atoms with van der Waals surface area (Å²) >= 11 is 6.16. The van der Waals surface area contributed by atoms with E-state index in [9.17, 15) is 19.7 Å². The van der Waals surface area contributed by atoms with Gasteiger partial charge in [-0.3, -0.25) is 19.7 Å². The fourth-order valence-electron chi connectivity index (χ4n) is 5.67. The summed E-state index contributed by atoms with van der Waals surface area (Å²) < 4.78 is 5.69. The van der Waals surface area contributed by atoms with Crippen LogP contribution in [-0.4, -0.2) is 28.0 Å². The molecule has 0 radical (unpaired) electrons. The number of hydrogen-bond acceptors (Lipinski definition) is 6. The number of non-ortho nitro benzene ring substituents is 1. The van der Waals surface area contributed by atoms with Gasteiger partial charge in [0.25, 0.3) is 17.5 Å². The molecule has 4 aliphatic rings. The highest BCUT2D eigenvalue weighted by molar-refractivity contribution is 6.33. The van der Waals surface area contributed by atoms with Gasteiger partial charge in [-0.1, -0.05) is 23.8 Å². The lowest BCUT2D eigenvalue weighted by atomic mass is 9.85. The van der Waals surface area contributed by atoms with Crippen LogP contribution in [0, 0.1) is 39.2 Å². The van der Waals surface area contributed by atoms with Crippen LogP contribution in [0.4, 0.5) is 5.69 Å². The molecule has 2 saturated carbocycles. The monoisotopic (exact) mass is 437 g/mol. The predicted molar refractivity (Wildman–Crippen MR) is 110 cm³/mol. The van der Waals surface area contributed by atoms with Crippen molar-refractivity contribution in [3.05, 3.63) is 63.4 Å². The van der Waals surface area contributed by atoms with Crippen molar-refractivity contribution in [2.75, 3.05) is 0 Å². The number of amides is 2. The van der Waals surface area contributed by atoms with Gasteiger partial charge >= 0.3 is 0 Å². The van der Waals surface area contributed by atoms with Crippen LogP contribution in [0.1, 0.15) is 18.6 Å². The lowest BCUT2D eigenvalue weighted by Gasteiger charge is -2.18. The smallest absolute Gasteiger partial charge is 0.270 e. The number of rotatable bonds is 4. The summed E-state index contributed by atoms with van der Waals surface area (Å²) in [7, 11) is 0. The lowest BCUT2D eigenvalue weighted by Crippen LogP contribution is -2.30. The fraction of sp³-hybridized carbons (Fsp3) is 0.318. The Morgan fingerprint density at radius 3 is 2.42 bits per heavy atom. The second-order valence-corrected chi connectivity index (χ2v) is 8.98. The Balaban J connectivity index is 1.24. The second kappa shape index (κ2) is 6.13. The van der Waals surface area contributed by atoms with Crippen LogP contribution in [0.15, 0.2) is 52.0 Å². The van der Waals surface area contributed by atoms with Gasteiger partial charge in [0.15, 0.2) is 0 Å². The van der Waals surface area contributed by atoms with Gasteiger partial charge in [0, 0.05) is 17.7 Å². The highest BCUT2D eigenvalue weighted by Crippen LogP contribution is 2.73. The van der Waals surface area contributed by atoms with Gasteiger partial charge in [0.1, 0.15) is 11.5 Å². The lowest BCUT2D eigenvalue weighted by molar-refractivity contribution is -0.384. The number of allylic oxidation sites excluding steroid dienone is 2. The Hall–Kier alpha value is -3.26. The van der Waals surface area contributed by atoms with E-state index in [4.69, 9.17) is 16.0 Å². The standard InChI is InChI=1S/C22H16ClN3O5/c23-16-5-1-11(26(29)30)9-13(16)17-6-2-12(31-17)10-24-25-20(27)18-14-3-4-15(19(18)21(25)28)22(14)7-8-22/h1-6,9-10,14-15,18-19H,7-8H2/b24-10-/t14-,15-,18-,19-/m0/s1. The van der Waals surface area contributed by atoms with Gasteiger partial charge in [-0.25, -0.2) is 0 Å². The van der Waals surface area contributed by atoms with Crippen molar-refractivity contribution in [1.82, 2.24) is 5.01 Å². The zero-order valence-electron chi connectivity index (χ0n) is 16.1.